The van der Waals surface area contributed by atoms with E-state index in [-0.39, 0.29) is 11.8 Å². The number of carbonyl (C=O) groups excluding carboxylic acids is 2. The number of rotatable bonds is 4. The number of nitrogens with zero attached hydrogens (tertiary/aromatic N) is 1. The van der Waals surface area contributed by atoms with E-state index in [9.17, 15) is 9.59 Å². The van der Waals surface area contributed by atoms with Crippen LogP contribution in [-0.2, 0) is 0 Å². The van der Waals surface area contributed by atoms with Gasteiger partial charge in [0.2, 0.25) is 5.88 Å². The molecule has 2 amide bonds. The monoisotopic (exact) mass is 321 g/mol. The molecule has 0 saturated carbocycles. The molecule has 0 unspecified atom stereocenters. The fraction of sp³-hybridized carbons (Fsp3) is 0.0556. The van der Waals surface area contributed by atoms with E-state index in [1.165, 1.54) is 0 Å². The number of aromatic nitrogens is 1. The fourth-order valence-corrected chi connectivity index (χ4v) is 2.18. The maximum Gasteiger partial charge on any atom is 0.260 e. The highest BCUT2D eigenvalue weighted by molar-refractivity contribution is 6.12. The molecule has 0 aliphatic carbocycles. The summed E-state index contributed by atoms with van der Waals surface area (Å²) in [5.41, 5.74) is 1.92. The maximum atomic E-state index is 12.4. The van der Waals surface area contributed by atoms with E-state index < -0.39 is 5.91 Å². The number of anilines is 2. The van der Waals surface area contributed by atoms with Crippen molar-refractivity contribution in [2.24, 2.45) is 0 Å². The first-order valence-electron chi connectivity index (χ1n) is 7.33. The van der Waals surface area contributed by atoms with Crippen LogP contribution in [0.5, 0.6) is 0 Å². The Hall–Kier alpha value is -3.41. The van der Waals surface area contributed by atoms with Crippen molar-refractivity contribution in [2.45, 2.75) is 6.92 Å². The smallest absolute Gasteiger partial charge is 0.260 e. The van der Waals surface area contributed by atoms with Crippen LogP contribution in [0.4, 0.5) is 11.6 Å². The number of hydrogen-bond donors (Lipinski definition) is 2. The van der Waals surface area contributed by atoms with Crippen LogP contribution in [0.2, 0.25) is 0 Å². The molecule has 0 atom stereocenters. The second kappa shape index (κ2) is 6.78. The van der Waals surface area contributed by atoms with Gasteiger partial charge >= 0.3 is 0 Å². The summed E-state index contributed by atoms with van der Waals surface area (Å²) in [6.45, 7) is 1.76. The lowest BCUT2D eigenvalue weighted by Gasteiger charge is -2.10. The zero-order chi connectivity index (χ0) is 16.9. The van der Waals surface area contributed by atoms with Gasteiger partial charge in [-0.2, -0.15) is 0 Å². The van der Waals surface area contributed by atoms with Crippen molar-refractivity contribution < 1.29 is 14.1 Å². The van der Waals surface area contributed by atoms with Crippen LogP contribution in [-0.4, -0.2) is 17.0 Å². The molecule has 24 heavy (non-hydrogen) atoms. The van der Waals surface area contributed by atoms with E-state index in [1.807, 2.05) is 6.07 Å². The van der Waals surface area contributed by atoms with Crippen molar-refractivity contribution in [3.8, 4) is 0 Å². The SMILES string of the molecule is Cc1cc(NC(=O)c2ccccc2NC(=O)c2ccccc2)on1. The molecule has 120 valence electrons. The molecule has 0 saturated heterocycles. The van der Waals surface area contributed by atoms with Crippen LogP contribution in [0.15, 0.2) is 65.2 Å². The number of benzene rings is 2. The van der Waals surface area contributed by atoms with E-state index in [2.05, 4.69) is 15.8 Å². The predicted octanol–water partition coefficient (Wildman–Crippen LogP) is 3.49. The summed E-state index contributed by atoms with van der Waals surface area (Å²) in [6.07, 6.45) is 0. The normalized spacial score (nSPS) is 10.2. The zero-order valence-corrected chi connectivity index (χ0v) is 12.9. The fourth-order valence-electron chi connectivity index (χ4n) is 2.18. The molecule has 1 heterocycles. The molecule has 3 rings (SSSR count). The quantitative estimate of drug-likeness (QED) is 0.770. The number of nitrogens with one attached hydrogen (secondary N) is 2. The number of hydrogen-bond acceptors (Lipinski definition) is 4. The van der Waals surface area contributed by atoms with E-state index in [4.69, 9.17) is 4.52 Å². The minimum Gasteiger partial charge on any atom is -0.338 e. The van der Waals surface area contributed by atoms with E-state index >= 15 is 0 Å². The maximum absolute atomic E-state index is 12.4. The Morgan fingerprint density at radius 2 is 1.62 bits per heavy atom. The highest BCUT2D eigenvalue weighted by atomic mass is 16.5. The summed E-state index contributed by atoms with van der Waals surface area (Å²) in [7, 11) is 0. The Morgan fingerprint density at radius 3 is 2.33 bits per heavy atom. The molecule has 2 aromatic carbocycles. The molecule has 0 aliphatic rings. The predicted molar refractivity (Wildman–Crippen MR) is 90.0 cm³/mol. The summed E-state index contributed by atoms with van der Waals surface area (Å²) in [6, 6.07) is 17.2. The standard InChI is InChI=1S/C18H15N3O3/c1-12-11-16(24-21-12)20-18(23)14-9-5-6-10-15(14)19-17(22)13-7-3-2-4-8-13/h2-11H,1H3,(H,19,22)(H,20,23). The lowest BCUT2D eigenvalue weighted by molar-refractivity contribution is 0.102. The van der Waals surface area contributed by atoms with Gasteiger partial charge in [-0.25, -0.2) is 0 Å². The second-order valence-corrected chi connectivity index (χ2v) is 5.15. The van der Waals surface area contributed by atoms with Gasteiger partial charge in [-0.1, -0.05) is 35.5 Å². The Balaban J connectivity index is 1.80. The molecule has 1 aromatic heterocycles. The minimum atomic E-state index is -0.393. The van der Waals surface area contributed by atoms with Crippen molar-refractivity contribution >= 4 is 23.4 Å². The Morgan fingerprint density at radius 1 is 0.917 bits per heavy atom. The van der Waals surface area contributed by atoms with Gasteiger partial charge in [-0.3, -0.25) is 14.9 Å². The molecule has 3 aromatic rings. The van der Waals surface area contributed by atoms with Gasteiger partial charge in [0.1, 0.15) is 0 Å². The van der Waals surface area contributed by atoms with Crippen molar-refractivity contribution in [3.05, 3.63) is 77.5 Å². The second-order valence-electron chi connectivity index (χ2n) is 5.15. The lowest BCUT2D eigenvalue weighted by atomic mass is 10.1. The Bertz CT molecular complexity index is 872. The summed E-state index contributed by atoms with van der Waals surface area (Å²) < 4.78 is 4.98. The molecule has 0 aliphatic heterocycles. The molecular weight excluding hydrogens is 306 g/mol. The molecular formula is C18H15N3O3. The first-order chi connectivity index (χ1) is 11.6. The Kier molecular flexibility index (Phi) is 4.38. The topological polar surface area (TPSA) is 84.2 Å². The third-order valence-corrected chi connectivity index (χ3v) is 3.32. The summed E-state index contributed by atoms with van der Waals surface area (Å²) in [4.78, 5) is 24.7. The van der Waals surface area contributed by atoms with Gasteiger partial charge in [0.05, 0.1) is 16.9 Å². The van der Waals surface area contributed by atoms with Crippen molar-refractivity contribution in [1.29, 1.82) is 0 Å². The summed E-state index contributed by atoms with van der Waals surface area (Å²) in [5, 5.41) is 9.08. The molecule has 6 heteroatoms. The van der Waals surface area contributed by atoms with Crippen LogP contribution < -0.4 is 10.6 Å². The first-order valence-corrected chi connectivity index (χ1v) is 7.33. The lowest BCUT2D eigenvalue weighted by Crippen LogP contribution is -2.18. The summed E-state index contributed by atoms with van der Waals surface area (Å²) in [5.74, 6) is -0.428. The van der Waals surface area contributed by atoms with Gasteiger partial charge in [0, 0.05) is 11.6 Å². The summed E-state index contributed by atoms with van der Waals surface area (Å²) >= 11 is 0. The van der Waals surface area contributed by atoms with Crippen molar-refractivity contribution in [3.63, 3.8) is 0 Å². The van der Waals surface area contributed by atoms with Gasteiger partial charge in [0.25, 0.3) is 11.8 Å². The molecule has 0 bridgehead atoms. The number of para-hydroxylation sites is 1. The van der Waals surface area contributed by atoms with Gasteiger partial charge in [-0.05, 0) is 31.2 Å². The van der Waals surface area contributed by atoms with Gasteiger partial charge in [-0.15, -0.1) is 0 Å². The number of carbonyl (C=O) groups is 2. The number of amides is 2. The third kappa shape index (κ3) is 3.49. The molecule has 0 fully saturated rings. The van der Waals surface area contributed by atoms with Gasteiger partial charge in [0.15, 0.2) is 0 Å². The van der Waals surface area contributed by atoms with E-state index in [0.29, 0.717) is 22.5 Å². The molecule has 0 spiro atoms. The average molecular weight is 321 g/mol. The molecule has 6 nitrogen and oxygen atoms in total. The minimum absolute atomic E-state index is 0.252. The van der Waals surface area contributed by atoms with Crippen molar-refractivity contribution in [1.82, 2.24) is 5.16 Å². The third-order valence-electron chi connectivity index (χ3n) is 3.32. The zero-order valence-electron chi connectivity index (χ0n) is 12.9. The number of aryl methyl sites for hydroxylation is 1. The average Bonchev–Trinajstić information content (AvgIpc) is 3.01. The highest BCUT2D eigenvalue weighted by Crippen LogP contribution is 2.18. The molecule has 2 N–H and O–H groups in total. The van der Waals surface area contributed by atoms with Crippen LogP contribution in [0, 0.1) is 6.92 Å². The Labute approximate surface area is 138 Å². The van der Waals surface area contributed by atoms with Crippen LogP contribution in [0.25, 0.3) is 0 Å². The van der Waals surface area contributed by atoms with Gasteiger partial charge < -0.3 is 9.84 Å². The van der Waals surface area contributed by atoms with Crippen LogP contribution in [0.1, 0.15) is 26.4 Å². The highest BCUT2D eigenvalue weighted by Gasteiger charge is 2.15. The van der Waals surface area contributed by atoms with E-state index in [0.717, 1.165) is 0 Å². The first kappa shape index (κ1) is 15.5. The van der Waals surface area contributed by atoms with Crippen LogP contribution in [0.3, 0.4) is 0 Å². The molecule has 0 radical (unpaired) electrons. The van der Waals surface area contributed by atoms with E-state index in [1.54, 1.807) is 61.5 Å². The largest absolute Gasteiger partial charge is 0.338 e. The van der Waals surface area contributed by atoms with Crippen molar-refractivity contribution in [2.75, 3.05) is 10.6 Å². The van der Waals surface area contributed by atoms with Crippen LogP contribution >= 0.6 is 0 Å².